The zero-order chi connectivity index (χ0) is 15.0. The number of hydrogen-bond donors (Lipinski definition) is 1. The number of rotatable bonds is 3. The van der Waals surface area contributed by atoms with Gasteiger partial charge in [0.2, 0.25) is 5.91 Å². The first-order valence-electron chi connectivity index (χ1n) is 6.74. The molecule has 2 aromatic rings. The Labute approximate surface area is 127 Å². The molecule has 3 rings (SSSR count). The highest BCUT2D eigenvalue weighted by molar-refractivity contribution is 6.34. The van der Waals surface area contributed by atoms with Crippen molar-refractivity contribution in [3.05, 3.63) is 63.7 Å². The Morgan fingerprint density at radius 3 is 2.86 bits per heavy atom. The van der Waals surface area contributed by atoms with E-state index >= 15 is 0 Å². The van der Waals surface area contributed by atoms with Crippen molar-refractivity contribution >= 4 is 29.0 Å². The van der Waals surface area contributed by atoms with Gasteiger partial charge in [0.25, 0.3) is 0 Å². The van der Waals surface area contributed by atoms with E-state index in [1.807, 2.05) is 31.2 Å². The van der Waals surface area contributed by atoms with Gasteiger partial charge >= 0.3 is 0 Å². The van der Waals surface area contributed by atoms with Gasteiger partial charge in [-0.25, -0.2) is 0 Å². The summed E-state index contributed by atoms with van der Waals surface area (Å²) in [7, 11) is 0. The van der Waals surface area contributed by atoms with Gasteiger partial charge in [0, 0.05) is 17.7 Å². The van der Waals surface area contributed by atoms with Crippen LogP contribution in [0.15, 0.2) is 36.4 Å². The van der Waals surface area contributed by atoms with Crippen LogP contribution in [-0.4, -0.2) is 11.7 Å². The number of Topliss-reactive ketones (excluding diaryl/α,β-unsaturated/α-hetero) is 1. The molecule has 0 radical (unpaired) electrons. The molecule has 0 saturated carbocycles. The first-order valence-corrected chi connectivity index (χ1v) is 7.12. The number of carbonyl (C=O) groups is 2. The van der Waals surface area contributed by atoms with Crippen molar-refractivity contribution in [1.82, 2.24) is 0 Å². The number of fused-ring (bicyclic) bond motifs is 1. The predicted octanol–water partition coefficient (Wildman–Crippen LogP) is 3.57. The predicted molar refractivity (Wildman–Crippen MR) is 83.0 cm³/mol. The number of ketones is 1. The van der Waals surface area contributed by atoms with E-state index in [9.17, 15) is 9.59 Å². The number of aryl methyl sites for hydroxylation is 1. The summed E-state index contributed by atoms with van der Waals surface area (Å²) in [6.07, 6.45) is 0.610. The summed E-state index contributed by atoms with van der Waals surface area (Å²) in [6, 6.07) is 11.2. The minimum atomic E-state index is -0.0654. The molecular formula is C17H14ClNO2. The lowest BCUT2D eigenvalue weighted by atomic mass is 9.99. The van der Waals surface area contributed by atoms with Crippen molar-refractivity contribution in [2.24, 2.45) is 0 Å². The number of benzene rings is 2. The zero-order valence-corrected chi connectivity index (χ0v) is 12.3. The van der Waals surface area contributed by atoms with Gasteiger partial charge in [-0.05, 0) is 30.2 Å². The Morgan fingerprint density at radius 1 is 1.29 bits per heavy atom. The second kappa shape index (κ2) is 5.34. The summed E-state index contributed by atoms with van der Waals surface area (Å²) in [5.74, 6) is -0.0999. The highest BCUT2D eigenvalue weighted by Gasteiger charge is 2.21. The van der Waals surface area contributed by atoms with Gasteiger partial charge in [-0.2, -0.15) is 0 Å². The van der Waals surface area contributed by atoms with Gasteiger partial charge in [0.05, 0.1) is 11.4 Å². The van der Waals surface area contributed by atoms with Gasteiger partial charge in [-0.3, -0.25) is 9.59 Å². The maximum absolute atomic E-state index is 12.4. The number of carbonyl (C=O) groups excluding carboxylic acids is 2. The van der Waals surface area contributed by atoms with Crippen LogP contribution >= 0.6 is 11.6 Å². The first kappa shape index (κ1) is 13.8. The van der Waals surface area contributed by atoms with Crippen LogP contribution in [-0.2, 0) is 17.6 Å². The van der Waals surface area contributed by atoms with Gasteiger partial charge < -0.3 is 5.32 Å². The molecule has 1 aliphatic rings. The van der Waals surface area contributed by atoms with Crippen molar-refractivity contribution < 1.29 is 9.59 Å². The molecule has 0 bridgehead atoms. The quantitative estimate of drug-likeness (QED) is 0.881. The third-order valence-electron chi connectivity index (χ3n) is 3.57. The largest absolute Gasteiger partial charge is 0.325 e. The van der Waals surface area contributed by atoms with Crippen molar-refractivity contribution in [2.45, 2.75) is 19.8 Å². The number of hydrogen-bond acceptors (Lipinski definition) is 2. The molecule has 106 valence electrons. The molecule has 1 aliphatic heterocycles. The van der Waals surface area contributed by atoms with Gasteiger partial charge in [0.1, 0.15) is 0 Å². The Kier molecular flexibility index (Phi) is 3.52. The monoisotopic (exact) mass is 299 g/mol. The maximum Gasteiger partial charge on any atom is 0.228 e. The molecule has 0 aliphatic carbocycles. The normalized spacial score (nSPS) is 13.0. The molecular weight excluding hydrogens is 286 g/mol. The minimum absolute atomic E-state index is 0.0345. The van der Waals surface area contributed by atoms with Gasteiger partial charge in [-0.15, -0.1) is 0 Å². The molecule has 0 unspecified atom stereocenters. The first-order chi connectivity index (χ1) is 10.0. The average Bonchev–Trinajstić information content (AvgIpc) is 2.76. The van der Waals surface area contributed by atoms with Crippen LogP contribution in [0.1, 0.15) is 27.0 Å². The Morgan fingerprint density at radius 2 is 2.10 bits per heavy atom. The van der Waals surface area contributed by atoms with Crippen molar-refractivity contribution in [3.63, 3.8) is 0 Å². The Hall–Kier alpha value is -2.13. The summed E-state index contributed by atoms with van der Waals surface area (Å²) in [5.41, 5.74) is 4.10. The fourth-order valence-electron chi connectivity index (χ4n) is 2.56. The molecule has 2 aromatic carbocycles. The van der Waals surface area contributed by atoms with E-state index in [1.54, 1.807) is 12.1 Å². The van der Waals surface area contributed by atoms with E-state index in [4.69, 9.17) is 11.6 Å². The number of nitrogens with one attached hydrogen (secondary N) is 1. The Balaban J connectivity index is 1.89. The molecule has 4 heteroatoms. The van der Waals surface area contributed by atoms with E-state index < -0.39 is 0 Å². The molecule has 0 atom stereocenters. The zero-order valence-electron chi connectivity index (χ0n) is 11.6. The lowest BCUT2D eigenvalue weighted by molar-refractivity contribution is -0.115. The van der Waals surface area contributed by atoms with Crippen LogP contribution in [0.25, 0.3) is 0 Å². The molecule has 1 N–H and O–H groups in total. The highest BCUT2D eigenvalue weighted by Crippen LogP contribution is 2.30. The van der Waals surface area contributed by atoms with Crippen molar-refractivity contribution in [3.8, 4) is 0 Å². The standard InChI is InChI=1S/C17H14ClNO2/c1-10-3-2-4-11(5-10)6-16(20)13-7-12-8-17(21)19-15(12)9-14(13)18/h2-5,7,9H,6,8H2,1H3,(H,19,21). The van der Waals surface area contributed by atoms with Crippen LogP contribution in [0.4, 0.5) is 5.69 Å². The SMILES string of the molecule is Cc1cccc(CC(=O)c2cc3c(cc2Cl)NC(=O)C3)c1. The number of anilines is 1. The third kappa shape index (κ3) is 2.83. The smallest absolute Gasteiger partial charge is 0.228 e. The van der Waals surface area contributed by atoms with Crippen LogP contribution < -0.4 is 5.32 Å². The molecule has 0 saturated heterocycles. The van der Waals surface area contributed by atoms with Crippen LogP contribution in [0.2, 0.25) is 5.02 Å². The van der Waals surface area contributed by atoms with Gasteiger partial charge in [0.15, 0.2) is 5.78 Å². The molecule has 0 aromatic heterocycles. The highest BCUT2D eigenvalue weighted by atomic mass is 35.5. The molecule has 0 spiro atoms. The fraction of sp³-hybridized carbons (Fsp3) is 0.176. The topological polar surface area (TPSA) is 46.2 Å². The van der Waals surface area contributed by atoms with E-state index in [2.05, 4.69) is 5.32 Å². The minimum Gasteiger partial charge on any atom is -0.325 e. The lowest BCUT2D eigenvalue weighted by Crippen LogP contribution is -2.05. The average molecular weight is 300 g/mol. The summed E-state index contributed by atoms with van der Waals surface area (Å²) in [4.78, 5) is 23.8. The van der Waals surface area contributed by atoms with Crippen LogP contribution in [0.5, 0.6) is 0 Å². The van der Waals surface area contributed by atoms with E-state index in [-0.39, 0.29) is 11.7 Å². The van der Waals surface area contributed by atoms with Crippen LogP contribution in [0.3, 0.4) is 0 Å². The second-order valence-electron chi connectivity index (χ2n) is 5.30. The molecule has 0 fully saturated rings. The molecule has 3 nitrogen and oxygen atoms in total. The van der Waals surface area contributed by atoms with Gasteiger partial charge in [-0.1, -0.05) is 41.4 Å². The number of halogens is 1. The van der Waals surface area contributed by atoms with E-state index in [1.165, 1.54) is 0 Å². The maximum atomic E-state index is 12.4. The summed E-state index contributed by atoms with van der Waals surface area (Å²) < 4.78 is 0. The molecule has 21 heavy (non-hydrogen) atoms. The molecule has 1 amide bonds. The summed E-state index contributed by atoms with van der Waals surface area (Å²) >= 11 is 6.18. The fourth-order valence-corrected chi connectivity index (χ4v) is 2.83. The number of amides is 1. The van der Waals surface area contributed by atoms with Crippen molar-refractivity contribution in [1.29, 1.82) is 0 Å². The summed E-state index contributed by atoms with van der Waals surface area (Å²) in [6.45, 7) is 1.99. The van der Waals surface area contributed by atoms with E-state index in [0.717, 1.165) is 16.7 Å². The Bertz CT molecular complexity index is 752. The second-order valence-corrected chi connectivity index (χ2v) is 5.71. The summed E-state index contributed by atoms with van der Waals surface area (Å²) in [5, 5.41) is 3.11. The van der Waals surface area contributed by atoms with Crippen molar-refractivity contribution in [2.75, 3.05) is 5.32 Å². The van der Waals surface area contributed by atoms with Crippen LogP contribution in [0, 0.1) is 6.92 Å². The third-order valence-corrected chi connectivity index (χ3v) is 3.88. The molecule has 1 heterocycles. The van der Waals surface area contributed by atoms with E-state index in [0.29, 0.717) is 29.1 Å². The lowest BCUT2D eigenvalue weighted by Gasteiger charge is -2.07.